The highest BCUT2D eigenvalue weighted by atomic mass is 19.1. The third-order valence-electron chi connectivity index (χ3n) is 2.87. The zero-order valence-corrected chi connectivity index (χ0v) is 11.8. The fraction of sp³-hybridized carbons (Fsp3) is 0.462. The molecule has 0 aliphatic carbocycles. The minimum absolute atomic E-state index is 0.174. The van der Waals surface area contributed by atoms with Crippen molar-refractivity contribution >= 4 is 11.7 Å². The second-order valence-electron chi connectivity index (χ2n) is 4.72. The van der Waals surface area contributed by atoms with Crippen molar-refractivity contribution in [1.82, 2.24) is 5.32 Å². The highest BCUT2D eigenvalue weighted by Gasteiger charge is 2.34. The van der Waals surface area contributed by atoms with Crippen LogP contribution in [0.2, 0.25) is 0 Å². The van der Waals surface area contributed by atoms with Gasteiger partial charge in [-0.25, -0.2) is 4.39 Å². The Bertz CT molecular complexity index is 537. The van der Waals surface area contributed by atoms with Gasteiger partial charge in [0.1, 0.15) is 18.0 Å². The number of carboxylic acids is 1. The summed E-state index contributed by atoms with van der Waals surface area (Å²) in [6, 6.07) is 2.85. The summed E-state index contributed by atoms with van der Waals surface area (Å²) in [5.74, 6) is -2.08. The molecular weight excluding hydrogens is 283 g/mol. The fourth-order valence-electron chi connectivity index (χ4n) is 1.57. The van der Waals surface area contributed by atoms with E-state index in [2.05, 4.69) is 5.32 Å². The lowest BCUT2D eigenvalue weighted by atomic mass is 10.0. The van der Waals surface area contributed by atoms with E-state index in [4.69, 9.17) is 4.74 Å². The molecule has 0 aliphatic heterocycles. The van der Waals surface area contributed by atoms with E-state index in [1.54, 1.807) is 0 Å². The first-order valence-electron chi connectivity index (χ1n) is 6.35. The number of carbonyl (C=O) groups is 1. The fourth-order valence-corrected chi connectivity index (χ4v) is 1.57. The molecule has 0 spiro atoms. The standard InChI is InChI=1S/C13H17FN2O5/c1-3-6-15-13(2,12(17)18)8-21-11-5-4-9(14)7-10(11)16(19)20/h4-5,7,15H,3,6,8H2,1-2H3,(H,17,18). The van der Waals surface area contributed by atoms with Crippen molar-refractivity contribution in [2.75, 3.05) is 13.2 Å². The molecule has 116 valence electrons. The van der Waals surface area contributed by atoms with E-state index in [1.807, 2.05) is 6.92 Å². The smallest absolute Gasteiger partial charge is 0.327 e. The number of rotatable bonds is 8. The van der Waals surface area contributed by atoms with Crippen LogP contribution < -0.4 is 10.1 Å². The lowest BCUT2D eigenvalue weighted by molar-refractivity contribution is -0.386. The second-order valence-corrected chi connectivity index (χ2v) is 4.72. The normalized spacial score (nSPS) is 13.5. The van der Waals surface area contributed by atoms with Crippen molar-refractivity contribution in [3.8, 4) is 5.75 Å². The number of ether oxygens (including phenoxy) is 1. The maximum Gasteiger partial charge on any atom is 0.327 e. The molecular formula is C13H17FN2O5. The van der Waals surface area contributed by atoms with Gasteiger partial charge in [0.05, 0.1) is 11.0 Å². The van der Waals surface area contributed by atoms with E-state index in [1.165, 1.54) is 6.92 Å². The molecule has 0 aliphatic rings. The van der Waals surface area contributed by atoms with Gasteiger partial charge in [0.15, 0.2) is 5.75 Å². The summed E-state index contributed by atoms with van der Waals surface area (Å²) in [5.41, 5.74) is -1.93. The molecule has 0 saturated heterocycles. The number of benzene rings is 1. The first-order valence-corrected chi connectivity index (χ1v) is 6.35. The molecule has 8 heteroatoms. The van der Waals surface area contributed by atoms with Crippen LogP contribution in [0.3, 0.4) is 0 Å². The van der Waals surface area contributed by atoms with Gasteiger partial charge in [0.25, 0.3) is 0 Å². The molecule has 0 saturated carbocycles. The SMILES string of the molecule is CCCNC(C)(COc1ccc(F)cc1[N+](=O)[O-])C(=O)O. The first-order chi connectivity index (χ1) is 9.80. The molecule has 0 aromatic heterocycles. The summed E-state index contributed by atoms with van der Waals surface area (Å²) in [6.07, 6.45) is 0.722. The number of nitro groups is 1. The minimum atomic E-state index is -1.39. The van der Waals surface area contributed by atoms with Gasteiger partial charge in [-0.05, 0) is 32.0 Å². The Labute approximate surface area is 120 Å². The van der Waals surface area contributed by atoms with E-state index >= 15 is 0 Å². The van der Waals surface area contributed by atoms with Gasteiger partial charge < -0.3 is 9.84 Å². The average Bonchev–Trinajstić information content (AvgIpc) is 2.43. The number of nitrogens with one attached hydrogen (secondary N) is 1. The highest BCUT2D eigenvalue weighted by molar-refractivity contribution is 5.78. The third kappa shape index (κ3) is 4.38. The summed E-state index contributed by atoms with van der Waals surface area (Å²) < 4.78 is 18.2. The predicted molar refractivity (Wildman–Crippen MR) is 72.9 cm³/mol. The molecule has 1 aromatic rings. The summed E-state index contributed by atoms with van der Waals surface area (Å²) >= 11 is 0. The molecule has 0 heterocycles. The number of nitro benzene ring substituents is 1. The van der Waals surface area contributed by atoms with E-state index in [0.29, 0.717) is 6.54 Å². The maximum absolute atomic E-state index is 13.0. The Morgan fingerprint density at radius 2 is 2.24 bits per heavy atom. The Hall–Kier alpha value is -2.22. The molecule has 2 N–H and O–H groups in total. The van der Waals surface area contributed by atoms with Gasteiger partial charge in [-0.15, -0.1) is 0 Å². The van der Waals surface area contributed by atoms with Gasteiger partial charge in [0.2, 0.25) is 0 Å². The topological polar surface area (TPSA) is 102 Å². The number of hydrogen-bond acceptors (Lipinski definition) is 5. The van der Waals surface area contributed by atoms with Crippen LogP contribution in [-0.2, 0) is 4.79 Å². The van der Waals surface area contributed by atoms with Crippen LogP contribution in [0.1, 0.15) is 20.3 Å². The Morgan fingerprint density at radius 3 is 2.76 bits per heavy atom. The Kier molecular flexibility index (Phi) is 5.60. The van der Waals surface area contributed by atoms with Gasteiger partial charge in [-0.1, -0.05) is 6.92 Å². The summed E-state index contributed by atoms with van der Waals surface area (Å²) in [6.45, 7) is 3.42. The molecule has 0 amide bonds. The molecule has 1 atom stereocenters. The zero-order chi connectivity index (χ0) is 16.0. The molecule has 7 nitrogen and oxygen atoms in total. The summed E-state index contributed by atoms with van der Waals surface area (Å²) in [4.78, 5) is 21.3. The average molecular weight is 300 g/mol. The molecule has 1 rings (SSSR count). The lowest BCUT2D eigenvalue weighted by Crippen LogP contribution is -2.54. The number of halogens is 1. The van der Waals surface area contributed by atoms with Crippen molar-refractivity contribution < 1.29 is 24.0 Å². The van der Waals surface area contributed by atoms with E-state index in [0.717, 1.165) is 24.6 Å². The zero-order valence-electron chi connectivity index (χ0n) is 11.8. The molecule has 21 heavy (non-hydrogen) atoms. The lowest BCUT2D eigenvalue weighted by Gasteiger charge is -2.26. The summed E-state index contributed by atoms with van der Waals surface area (Å²) in [7, 11) is 0. The van der Waals surface area contributed by atoms with Gasteiger partial charge in [-0.3, -0.25) is 20.2 Å². The van der Waals surface area contributed by atoms with Gasteiger partial charge >= 0.3 is 11.7 Å². The Morgan fingerprint density at radius 1 is 1.57 bits per heavy atom. The number of aliphatic carboxylic acids is 1. The molecule has 1 unspecified atom stereocenters. The van der Waals surface area contributed by atoms with Gasteiger partial charge in [-0.2, -0.15) is 0 Å². The molecule has 0 radical (unpaired) electrons. The number of nitrogens with zero attached hydrogens (tertiary/aromatic N) is 1. The minimum Gasteiger partial charge on any atom is -0.484 e. The number of hydrogen-bond donors (Lipinski definition) is 2. The molecule has 0 fully saturated rings. The van der Waals surface area contributed by atoms with Crippen LogP contribution in [0, 0.1) is 15.9 Å². The maximum atomic E-state index is 13.0. The molecule has 1 aromatic carbocycles. The third-order valence-corrected chi connectivity index (χ3v) is 2.87. The predicted octanol–water partition coefficient (Wildman–Crippen LogP) is 1.96. The van der Waals surface area contributed by atoms with Crippen LogP contribution in [0.4, 0.5) is 10.1 Å². The van der Waals surface area contributed by atoms with Gasteiger partial charge in [0, 0.05) is 0 Å². The van der Waals surface area contributed by atoms with Crippen LogP contribution in [-0.4, -0.2) is 34.7 Å². The van der Waals surface area contributed by atoms with E-state index in [9.17, 15) is 24.4 Å². The van der Waals surface area contributed by atoms with Crippen LogP contribution >= 0.6 is 0 Å². The second kappa shape index (κ2) is 6.98. The van der Waals surface area contributed by atoms with Crippen LogP contribution in [0.5, 0.6) is 5.75 Å². The monoisotopic (exact) mass is 300 g/mol. The van der Waals surface area contributed by atoms with Crippen LogP contribution in [0.25, 0.3) is 0 Å². The summed E-state index contributed by atoms with van der Waals surface area (Å²) in [5, 5.41) is 22.9. The Balaban J connectivity index is 2.90. The van der Waals surface area contributed by atoms with Crippen molar-refractivity contribution in [3.63, 3.8) is 0 Å². The van der Waals surface area contributed by atoms with E-state index in [-0.39, 0.29) is 12.4 Å². The largest absolute Gasteiger partial charge is 0.484 e. The van der Waals surface area contributed by atoms with Crippen molar-refractivity contribution in [2.24, 2.45) is 0 Å². The van der Waals surface area contributed by atoms with Crippen LogP contribution in [0.15, 0.2) is 18.2 Å². The number of carboxylic acid groups (broad SMARTS) is 1. The van der Waals surface area contributed by atoms with Crippen molar-refractivity contribution in [1.29, 1.82) is 0 Å². The quantitative estimate of drug-likeness (QED) is 0.562. The molecule has 0 bridgehead atoms. The highest BCUT2D eigenvalue weighted by Crippen LogP contribution is 2.28. The van der Waals surface area contributed by atoms with Crippen molar-refractivity contribution in [3.05, 3.63) is 34.1 Å². The first kappa shape index (κ1) is 16.8. The van der Waals surface area contributed by atoms with Crippen molar-refractivity contribution in [2.45, 2.75) is 25.8 Å². The van der Waals surface area contributed by atoms with E-state index < -0.39 is 27.9 Å².